The third kappa shape index (κ3) is 5.79. The molecule has 0 saturated carbocycles. The fourth-order valence-electron chi connectivity index (χ4n) is 5.45. The largest absolute Gasteiger partial charge is 0.378 e. The highest BCUT2D eigenvalue weighted by atomic mass is 16.5. The Morgan fingerprint density at radius 2 is 1.42 bits per heavy atom. The normalized spacial score (nSPS) is 15.6. The maximum absolute atomic E-state index is 13.4. The number of benzene rings is 2. The summed E-state index contributed by atoms with van der Waals surface area (Å²) >= 11 is 0. The number of anilines is 3. The second kappa shape index (κ2) is 12.2. The van der Waals surface area contributed by atoms with Crippen molar-refractivity contribution in [3.8, 4) is 11.3 Å². The lowest BCUT2D eigenvalue weighted by Crippen LogP contribution is -2.40. The summed E-state index contributed by atoms with van der Waals surface area (Å²) in [5.41, 5.74) is 3.96. The molecule has 0 radical (unpaired) electrons. The molecule has 5 heterocycles. The Hall–Kier alpha value is -4.81. The molecule has 0 unspecified atom stereocenters. The number of hydrogen-bond donors (Lipinski definition) is 3. The molecule has 0 aliphatic carbocycles. The van der Waals surface area contributed by atoms with Crippen LogP contribution in [0.5, 0.6) is 0 Å². The van der Waals surface area contributed by atoms with Crippen LogP contribution in [0.4, 0.5) is 17.8 Å². The van der Waals surface area contributed by atoms with Crippen molar-refractivity contribution in [3.63, 3.8) is 0 Å². The number of nitrogens with zero attached hydrogens (tertiary/aromatic N) is 6. The van der Waals surface area contributed by atoms with Crippen LogP contribution in [0.2, 0.25) is 0 Å². The lowest BCUT2D eigenvalue weighted by atomic mass is 10.1. The summed E-state index contributed by atoms with van der Waals surface area (Å²) in [5, 5.41) is 8.30. The molecule has 1 amide bonds. The Morgan fingerprint density at radius 3 is 2.12 bits per heavy atom. The van der Waals surface area contributed by atoms with Crippen LogP contribution < -0.4 is 20.4 Å². The molecule has 220 valence electrons. The molecule has 0 atom stereocenters. The van der Waals surface area contributed by atoms with Crippen LogP contribution in [0.15, 0.2) is 60.7 Å². The van der Waals surface area contributed by atoms with E-state index in [9.17, 15) is 4.79 Å². The number of hydrogen-bond acceptors (Lipinski definition) is 10. The Labute approximate surface area is 248 Å². The second-order valence-corrected chi connectivity index (χ2v) is 10.5. The second-order valence-electron chi connectivity index (χ2n) is 10.5. The maximum atomic E-state index is 13.4. The van der Waals surface area contributed by atoms with Crippen molar-refractivity contribution in [1.82, 2.24) is 30.2 Å². The summed E-state index contributed by atoms with van der Waals surface area (Å²) in [6.45, 7) is 6.23. The number of morpholine rings is 2. The highest BCUT2D eigenvalue weighted by molar-refractivity contribution is 6.13. The summed E-state index contributed by atoms with van der Waals surface area (Å²) in [5.74, 6) is 1.47. The predicted molar refractivity (Wildman–Crippen MR) is 166 cm³/mol. The number of H-pyrrole nitrogens is 1. The Balaban J connectivity index is 1.08. The van der Waals surface area contributed by atoms with Gasteiger partial charge < -0.3 is 34.9 Å². The summed E-state index contributed by atoms with van der Waals surface area (Å²) in [6.07, 6.45) is 0. The molecule has 5 aromatic rings. The van der Waals surface area contributed by atoms with Gasteiger partial charge in [-0.1, -0.05) is 48.5 Å². The van der Waals surface area contributed by atoms with Crippen LogP contribution in [0.25, 0.3) is 33.1 Å². The summed E-state index contributed by atoms with van der Waals surface area (Å²) in [4.78, 5) is 40.0. The molecule has 2 fully saturated rings. The molecule has 7 rings (SSSR count). The Bertz CT molecular complexity index is 1700. The van der Waals surface area contributed by atoms with Gasteiger partial charge in [-0.25, -0.2) is 4.98 Å². The first-order valence-corrected chi connectivity index (χ1v) is 14.6. The van der Waals surface area contributed by atoms with E-state index < -0.39 is 0 Å². The Kier molecular flexibility index (Phi) is 7.67. The number of carbonyl (C=O) groups excluding carboxylic acids is 1. The van der Waals surface area contributed by atoms with Crippen LogP contribution in [-0.2, 0) is 9.47 Å². The smallest absolute Gasteiger partial charge is 0.269 e. The topological polar surface area (TPSA) is 133 Å². The van der Waals surface area contributed by atoms with E-state index >= 15 is 0 Å². The first-order chi connectivity index (χ1) is 21.2. The number of aromatic nitrogens is 5. The van der Waals surface area contributed by atoms with Crippen molar-refractivity contribution in [3.05, 3.63) is 66.4 Å². The molecule has 2 aromatic carbocycles. The molecule has 2 aliphatic rings. The van der Waals surface area contributed by atoms with Crippen LogP contribution in [0.3, 0.4) is 0 Å². The number of nitrogens with one attached hydrogen (secondary N) is 3. The Morgan fingerprint density at radius 1 is 0.767 bits per heavy atom. The van der Waals surface area contributed by atoms with Gasteiger partial charge >= 0.3 is 0 Å². The molecule has 43 heavy (non-hydrogen) atoms. The predicted octanol–water partition coefficient (Wildman–Crippen LogP) is 3.08. The third-order valence-electron chi connectivity index (χ3n) is 7.67. The van der Waals surface area contributed by atoms with Crippen LogP contribution >= 0.6 is 0 Å². The first kappa shape index (κ1) is 27.0. The van der Waals surface area contributed by atoms with Gasteiger partial charge in [-0.3, -0.25) is 4.79 Å². The minimum atomic E-state index is -0.246. The van der Waals surface area contributed by atoms with E-state index in [1.54, 1.807) is 0 Å². The van der Waals surface area contributed by atoms with E-state index in [1.165, 1.54) is 0 Å². The van der Waals surface area contributed by atoms with Crippen molar-refractivity contribution < 1.29 is 14.3 Å². The molecule has 3 aromatic heterocycles. The standard InChI is InChI=1S/C31H33N9O3/c41-28(25-20-23-22-8-4-5-9-24(22)34-27(23)26(35-25)21-6-2-1-3-7-21)32-10-11-33-29-36-30(39-12-16-42-17-13-39)38-31(37-29)40-14-18-43-19-15-40/h1-9,20,34H,10-19H2,(H,32,41)(H,33,36,37,38). The van der Waals surface area contributed by atoms with Gasteiger partial charge in [0.15, 0.2) is 0 Å². The van der Waals surface area contributed by atoms with Crippen molar-refractivity contribution in [2.75, 3.05) is 80.8 Å². The minimum absolute atomic E-state index is 0.246. The van der Waals surface area contributed by atoms with Crippen molar-refractivity contribution in [2.24, 2.45) is 0 Å². The minimum Gasteiger partial charge on any atom is -0.378 e. The van der Waals surface area contributed by atoms with Crippen molar-refractivity contribution in [1.29, 1.82) is 0 Å². The van der Waals surface area contributed by atoms with E-state index in [1.807, 2.05) is 54.6 Å². The van der Waals surface area contributed by atoms with Gasteiger partial charge in [0.05, 0.1) is 37.6 Å². The quantitative estimate of drug-likeness (QED) is 0.236. The summed E-state index contributed by atoms with van der Waals surface area (Å²) in [7, 11) is 0. The number of pyridine rings is 1. The zero-order chi connectivity index (χ0) is 29.0. The summed E-state index contributed by atoms with van der Waals surface area (Å²) in [6, 6.07) is 19.9. The van der Waals surface area contributed by atoms with Crippen LogP contribution in [0, 0.1) is 0 Å². The maximum Gasteiger partial charge on any atom is 0.269 e. The molecule has 12 heteroatoms. The average Bonchev–Trinajstić information content (AvgIpc) is 3.46. The van der Waals surface area contributed by atoms with Crippen LogP contribution in [0.1, 0.15) is 10.5 Å². The zero-order valence-corrected chi connectivity index (χ0v) is 23.8. The molecule has 0 bridgehead atoms. The zero-order valence-electron chi connectivity index (χ0n) is 23.8. The fraction of sp³-hybridized carbons (Fsp3) is 0.323. The van der Waals surface area contributed by atoms with E-state index in [-0.39, 0.29) is 5.91 Å². The molecule has 3 N–H and O–H groups in total. The highest BCUT2D eigenvalue weighted by Crippen LogP contribution is 2.32. The van der Waals surface area contributed by atoms with E-state index in [4.69, 9.17) is 19.4 Å². The van der Waals surface area contributed by atoms with E-state index in [0.717, 1.165) is 59.2 Å². The number of amides is 1. The van der Waals surface area contributed by atoms with Gasteiger partial charge in [-0.05, 0) is 12.1 Å². The van der Waals surface area contributed by atoms with E-state index in [2.05, 4.69) is 41.5 Å². The van der Waals surface area contributed by atoms with Crippen LogP contribution in [-0.4, -0.2) is 96.5 Å². The monoisotopic (exact) mass is 579 g/mol. The van der Waals surface area contributed by atoms with Gasteiger partial charge in [-0.2, -0.15) is 15.0 Å². The van der Waals surface area contributed by atoms with Crippen molar-refractivity contribution in [2.45, 2.75) is 0 Å². The lowest BCUT2D eigenvalue weighted by molar-refractivity contribution is 0.0950. The highest BCUT2D eigenvalue weighted by Gasteiger charge is 2.21. The number of fused-ring (bicyclic) bond motifs is 3. The molecule has 0 spiro atoms. The van der Waals surface area contributed by atoms with Gasteiger partial charge in [-0.15, -0.1) is 0 Å². The molecule has 2 aliphatic heterocycles. The van der Waals surface area contributed by atoms with E-state index in [0.29, 0.717) is 63.1 Å². The van der Waals surface area contributed by atoms with Gasteiger partial charge in [0, 0.05) is 61.1 Å². The number of ether oxygens (including phenoxy) is 2. The lowest BCUT2D eigenvalue weighted by Gasteiger charge is -2.30. The van der Waals surface area contributed by atoms with Gasteiger partial charge in [0.1, 0.15) is 5.69 Å². The number of carbonyl (C=O) groups is 1. The summed E-state index contributed by atoms with van der Waals surface area (Å²) < 4.78 is 11.0. The first-order valence-electron chi connectivity index (χ1n) is 14.6. The molecular weight excluding hydrogens is 546 g/mol. The fourth-order valence-corrected chi connectivity index (χ4v) is 5.45. The van der Waals surface area contributed by atoms with Crippen molar-refractivity contribution >= 4 is 45.6 Å². The molecule has 2 saturated heterocycles. The molecular formula is C31H33N9O3. The molecule has 12 nitrogen and oxygen atoms in total. The number of rotatable bonds is 8. The average molecular weight is 580 g/mol. The third-order valence-corrected chi connectivity index (χ3v) is 7.67. The number of aromatic amines is 1. The number of para-hydroxylation sites is 1. The van der Waals surface area contributed by atoms with Gasteiger partial charge in [0.25, 0.3) is 5.91 Å². The SMILES string of the molecule is O=C(NCCNc1nc(N2CCOCC2)nc(N2CCOCC2)n1)c1cc2c([nH]c3ccccc32)c(-c2ccccc2)n1. The van der Waals surface area contributed by atoms with Gasteiger partial charge in [0.2, 0.25) is 17.8 Å².